The number of carboxylic acid groups (broad SMARTS) is 1. The number of urea groups is 1. The zero-order valence-corrected chi connectivity index (χ0v) is 15.2. The Hall–Kier alpha value is -1.50. The molecule has 2 rings (SSSR count). The molecule has 1 aliphatic rings. The number of aliphatic carboxylic acids is 1. The van der Waals surface area contributed by atoms with Gasteiger partial charge in [-0.15, -0.1) is 0 Å². The molecule has 1 atom stereocenters. The van der Waals surface area contributed by atoms with Crippen LogP contribution in [0.25, 0.3) is 0 Å². The quantitative estimate of drug-likeness (QED) is 0.600. The normalized spacial score (nSPS) is 21.4. The van der Waals surface area contributed by atoms with Gasteiger partial charge in [-0.05, 0) is 49.8 Å². The van der Waals surface area contributed by atoms with Crippen molar-refractivity contribution in [2.75, 3.05) is 6.61 Å². The van der Waals surface area contributed by atoms with Crippen LogP contribution < -0.4 is 10.6 Å². The van der Waals surface area contributed by atoms with Gasteiger partial charge in [0.05, 0.1) is 22.0 Å². The van der Waals surface area contributed by atoms with Gasteiger partial charge in [-0.3, -0.25) is 4.79 Å². The highest BCUT2D eigenvalue weighted by atomic mass is 35.5. The van der Waals surface area contributed by atoms with E-state index in [2.05, 4.69) is 10.6 Å². The van der Waals surface area contributed by atoms with Crippen molar-refractivity contribution in [1.29, 1.82) is 0 Å². The number of hydrogen-bond donors (Lipinski definition) is 4. The molecule has 0 aliphatic heterocycles. The van der Waals surface area contributed by atoms with Gasteiger partial charge < -0.3 is 20.8 Å². The van der Waals surface area contributed by atoms with E-state index >= 15 is 0 Å². The van der Waals surface area contributed by atoms with Crippen LogP contribution in [0.2, 0.25) is 10.0 Å². The molecule has 0 spiro atoms. The highest BCUT2D eigenvalue weighted by Gasteiger charge is 2.27. The van der Waals surface area contributed by atoms with Gasteiger partial charge >= 0.3 is 12.0 Å². The van der Waals surface area contributed by atoms with E-state index < -0.39 is 12.0 Å². The fraction of sp³-hybridized carbons (Fsp3) is 0.529. The Bertz CT molecular complexity index is 619. The third kappa shape index (κ3) is 5.76. The van der Waals surface area contributed by atoms with E-state index in [1.807, 2.05) is 0 Å². The Morgan fingerprint density at radius 2 is 1.84 bits per heavy atom. The van der Waals surface area contributed by atoms with Gasteiger partial charge in [0.1, 0.15) is 0 Å². The van der Waals surface area contributed by atoms with Gasteiger partial charge in [-0.25, -0.2) is 4.79 Å². The number of carbonyl (C=O) groups excluding carboxylic acids is 1. The second-order valence-electron chi connectivity index (χ2n) is 6.24. The summed E-state index contributed by atoms with van der Waals surface area (Å²) in [4.78, 5) is 23.2. The summed E-state index contributed by atoms with van der Waals surface area (Å²) in [5, 5.41) is 24.8. The number of hydrogen-bond acceptors (Lipinski definition) is 3. The molecule has 0 bridgehead atoms. The lowest BCUT2D eigenvalue weighted by Crippen LogP contribution is -2.45. The maximum absolute atomic E-state index is 12.3. The van der Waals surface area contributed by atoms with E-state index in [1.165, 1.54) is 0 Å². The molecule has 25 heavy (non-hydrogen) atoms. The maximum Gasteiger partial charge on any atom is 0.315 e. The van der Waals surface area contributed by atoms with Crippen LogP contribution >= 0.6 is 23.2 Å². The van der Waals surface area contributed by atoms with E-state index in [1.54, 1.807) is 18.2 Å². The molecule has 1 fully saturated rings. The summed E-state index contributed by atoms with van der Waals surface area (Å²) >= 11 is 11.9. The smallest absolute Gasteiger partial charge is 0.315 e. The third-order valence-electron chi connectivity index (χ3n) is 4.48. The van der Waals surface area contributed by atoms with Crippen LogP contribution in [0.1, 0.15) is 43.7 Å². The topological polar surface area (TPSA) is 98.7 Å². The lowest BCUT2D eigenvalue weighted by molar-refractivity contribution is -0.142. The average molecular weight is 389 g/mol. The Kier molecular flexibility index (Phi) is 7.35. The second kappa shape index (κ2) is 9.27. The first-order valence-corrected chi connectivity index (χ1v) is 9.02. The van der Waals surface area contributed by atoms with Gasteiger partial charge in [-0.2, -0.15) is 0 Å². The molecule has 1 aromatic carbocycles. The standard InChI is InChI=1S/C17H22Cl2N2O4/c18-13-6-3-11(9-14(13)19)15(7-8-22)21-17(25)20-12-4-1-10(2-5-12)16(23)24/h3,6,9-10,12,15,22H,1-2,4-5,7-8H2,(H,23,24)(H2,20,21,25). The Morgan fingerprint density at radius 1 is 1.16 bits per heavy atom. The number of benzene rings is 1. The number of carbonyl (C=O) groups is 2. The van der Waals surface area contributed by atoms with Crippen LogP contribution in [0.5, 0.6) is 0 Å². The SMILES string of the molecule is O=C(NC1CCC(C(=O)O)CC1)NC(CCO)c1ccc(Cl)c(Cl)c1. The molecular formula is C17H22Cl2N2O4. The van der Waals surface area contributed by atoms with Crippen molar-refractivity contribution in [3.05, 3.63) is 33.8 Å². The maximum atomic E-state index is 12.3. The third-order valence-corrected chi connectivity index (χ3v) is 5.22. The lowest BCUT2D eigenvalue weighted by atomic mass is 9.86. The van der Waals surface area contributed by atoms with E-state index in [4.69, 9.17) is 28.3 Å². The Morgan fingerprint density at radius 3 is 2.40 bits per heavy atom. The average Bonchev–Trinajstić information content (AvgIpc) is 2.57. The minimum Gasteiger partial charge on any atom is -0.481 e. The van der Waals surface area contributed by atoms with E-state index in [0.29, 0.717) is 42.1 Å². The largest absolute Gasteiger partial charge is 0.481 e. The minimum absolute atomic E-state index is 0.0424. The van der Waals surface area contributed by atoms with Gasteiger partial charge in [-0.1, -0.05) is 29.3 Å². The van der Waals surface area contributed by atoms with Crippen LogP contribution in [-0.4, -0.2) is 34.9 Å². The van der Waals surface area contributed by atoms with Crippen LogP contribution in [0, 0.1) is 5.92 Å². The summed E-state index contributed by atoms with van der Waals surface area (Å²) < 4.78 is 0. The Labute approximate surface area is 156 Å². The fourth-order valence-electron chi connectivity index (χ4n) is 3.05. The van der Waals surface area contributed by atoms with Gasteiger partial charge in [0, 0.05) is 12.6 Å². The molecule has 2 amide bonds. The fourth-order valence-corrected chi connectivity index (χ4v) is 3.36. The molecule has 0 heterocycles. The molecule has 0 saturated heterocycles. The van der Waals surface area contributed by atoms with Gasteiger partial charge in [0.15, 0.2) is 0 Å². The molecule has 1 aliphatic carbocycles. The molecule has 1 saturated carbocycles. The minimum atomic E-state index is -0.773. The molecule has 0 aromatic heterocycles. The summed E-state index contributed by atoms with van der Waals surface area (Å²) in [6.45, 7) is -0.0884. The van der Waals surface area contributed by atoms with Gasteiger partial charge in [0.25, 0.3) is 0 Å². The summed E-state index contributed by atoms with van der Waals surface area (Å²) in [7, 11) is 0. The summed E-state index contributed by atoms with van der Waals surface area (Å²) in [5.41, 5.74) is 0.758. The predicted octanol–water partition coefficient (Wildman–Crippen LogP) is 3.36. The molecule has 0 radical (unpaired) electrons. The highest BCUT2D eigenvalue weighted by molar-refractivity contribution is 6.42. The first kappa shape index (κ1) is 19.8. The van der Waals surface area contributed by atoms with Crippen molar-refractivity contribution in [1.82, 2.24) is 10.6 Å². The number of rotatable bonds is 6. The predicted molar refractivity (Wildman–Crippen MR) is 96.0 cm³/mol. The summed E-state index contributed by atoms with van der Waals surface area (Å²) in [6, 6.07) is 4.30. The molecular weight excluding hydrogens is 367 g/mol. The molecule has 1 unspecified atom stereocenters. The van der Waals surface area contributed by atoms with Crippen molar-refractivity contribution in [2.24, 2.45) is 5.92 Å². The number of nitrogens with one attached hydrogen (secondary N) is 2. The molecule has 8 heteroatoms. The number of aliphatic hydroxyl groups is 1. The van der Waals surface area contributed by atoms with Gasteiger partial charge in [0.2, 0.25) is 0 Å². The van der Waals surface area contributed by atoms with E-state index in [0.717, 1.165) is 5.56 Å². The van der Waals surface area contributed by atoms with Crippen LogP contribution in [0.15, 0.2) is 18.2 Å². The number of aliphatic hydroxyl groups excluding tert-OH is 1. The first-order chi connectivity index (χ1) is 11.9. The number of amides is 2. The second-order valence-corrected chi connectivity index (χ2v) is 7.06. The van der Waals surface area contributed by atoms with Crippen molar-refractivity contribution in [3.63, 3.8) is 0 Å². The molecule has 138 valence electrons. The van der Waals surface area contributed by atoms with Crippen molar-refractivity contribution < 1.29 is 19.8 Å². The van der Waals surface area contributed by atoms with Crippen LogP contribution in [-0.2, 0) is 4.79 Å². The Balaban J connectivity index is 1.92. The number of carboxylic acids is 1. The highest BCUT2D eigenvalue weighted by Crippen LogP contribution is 2.27. The van der Waals surface area contributed by atoms with Crippen LogP contribution in [0.3, 0.4) is 0 Å². The molecule has 6 nitrogen and oxygen atoms in total. The van der Waals surface area contributed by atoms with Crippen molar-refractivity contribution in [2.45, 2.75) is 44.2 Å². The zero-order valence-electron chi connectivity index (χ0n) is 13.7. The summed E-state index contributed by atoms with van der Waals surface area (Å²) in [5.74, 6) is -1.09. The molecule has 1 aromatic rings. The van der Waals surface area contributed by atoms with Crippen molar-refractivity contribution >= 4 is 35.2 Å². The monoisotopic (exact) mass is 388 g/mol. The van der Waals surface area contributed by atoms with Crippen molar-refractivity contribution in [3.8, 4) is 0 Å². The van der Waals surface area contributed by atoms with E-state index in [-0.39, 0.29) is 24.6 Å². The lowest BCUT2D eigenvalue weighted by Gasteiger charge is -2.28. The number of halogens is 2. The first-order valence-electron chi connectivity index (χ1n) is 8.26. The zero-order chi connectivity index (χ0) is 18.4. The molecule has 4 N–H and O–H groups in total. The van der Waals surface area contributed by atoms with E-state index in [9.17, 15) is 14.7 Å². The summed E-state index contributed by atoms with van der Waals surface area (Å²) in [6.07, 6.45) is 2.75. The van der Waals surface area contributed by atoms with Crippen LogP contribution in [0.4, 0.5) is 4.79 Å².